The number of ether oxygens (including phenoxy) is 2. The smallest absolute Gasteiger partial charge is 0.191 e. The minimum Gasteiger partial charge on any atom is -0.488 e. The van der Waals surface area contributed by atoms with Gasteiger partial charge in [0, 0.05) is 26.6 Å². The Morgan fingerprint density at radius 2 is 1.88 bits per heavy atom. The molecule has 1 aliphatic rings. The lowest BCUT2D eigenvalue weighted by molar-refractivity contribution is 0.134. The van der Waals surface area contributed by atoms with Crippen LogP contribution in [-0.2, 0) is 24.3 Å². The molecular weight excluding hydrogens is 326 g/mol. The molecule has 0 aromatic heterocycles. The van der Waals surface area contributed by atoms with Gasteiger partial charge in [0.25, 0.3) is 0 Å². The van der Waals surface area contributed by atoms with Crippen molar-refractivity contribution in [3.8, 4) is 5.75 Å². The second-order valence-electron chi connectivity index (χ2n) is 6.31. The van der Waals surface area contributed by atoms with Crippen LogP contribution in [0.3, 0.4) is 0 Å². The average molecular weight is 353 g/mol. The molecular formula is C21H27N3O2. The maximum Gasteiger partial charge on any atom is 0.191 e. The van der Waals surface area contributed by atoms with E-state index in [0.717, 1.165) is 37.8 Å². The first kappa shape index (κ1) is 18.3. The maximum absolute atomic E-state index is 5.95. The summed E-state index contributed by atoms with van der Waals surface area (Å²) in [6, 6.07) is 16.7. The summed E-state index contributed by atoms with van der Waals surface area (Å²) in [4.78, 5) is 4.29. The Hall–Kier alpha value is -2.53. The Balaban J connectivity index is 1.42. The summed E-state index contributed by atoms with van der Waals surface area (Å²) in [5.41, 5.74) is 3.67. The van der Waals surface area contributed by atoms with Crippen LogP contribution < -0.4 is 15.4 Å². The molecule has 2 aromatic rings. The number of benzene rings is 2. The molecule has 0 saturated heterocycles. The molecule has 2 aromatic carbocycles. The second-order valence-corrected chi connectivity index (χ2v) is 6.31. The van der Waals surface area contributed by atoms with Crippen LogP contribution in [0.1, 0.15) is 23.6 Å². The molecule has 0 amide bonds. The van der Waals surface area contributed by atoms with Crippen LogP contribution in [0.2, 0.25) is 0 Å². The van der Waals surface area contributed by atoms with Crippen molar-refractivity contribution in [2.75, 3.05) is 20.2 Å². The minimum absolute atomic E-state index is 0.142. The van der Waals surface area contributed by atoms with Gasteiger partial charge in [-0.3, -0.25) is 4.99 Å². The second kappa shape index (κ2) is 9.25. The normalized spacial score (nSPS) is 16.1. The van der Waals surface area contributed by atoms with E-state index >= 15 is 0 Å². The lowest BCUT2D eigenvalue weighted by Crippen LogP contribution is -2.41. The van der Waals surface area contributed by atoms with Crippen molar-refractivity contribution in [2.24, 2.45) is 4.99 Å². The van der Waals surface area contributed by atoms with E-state index in [0.29, 0.717) is 6.61 Å². The molecule has 0 fully saturated rings. The molecule has 1 atom stereocenters. The van der Waals surface area contributed by atoms with Gasteiger partial charge in [0.05, 0.1) is 13.2 Å². The highest BCUT2D eigenvalue weighted by Gasteiger charge is 2.22. The molecule has 1 aliphatic heterocycles. The fraction of sp³-hybridized carbons (Fsp3) is 0.381. The summed E-state index contributed by atoms with van der Waals surface area (Å²) in [7, 11) is 1.78. The van der Waals surface area contributed by atoms with Crippen molar-refractivity contribution in [2.45, 2.75) is 32.6 Å². The molecule has 1 heterocycles. The van der Waals surface area contributed by atoms with Gasteiger partial charge in [0.1, 0.15) is 11.9 Å². The monoisotopic (exact) mass is 353 g/mol. The molecule has 3 rings (SSSR count). The average Bonchev–Trinajstić information content (AvgIpc) is 3.10. The van der Waals surface area contributed by atoms with Crippen LogP contribution in [0.25, 0.3) is 0 Å². The van der Waals surface area contributed by atoms with Gasteiger partial charge in [0.15, 0.2) is 5.96 Å². The third kappa shape index (κ3) is 4.99. The number of rotatable bonds is 7. The summed E-state index contributed by atoms with van der Waals surface area (Å²) in [6.45, 7) is 4.85. The zero-order valence-electron chi connectivity index (χ0n) is 15.5. The maximum atomic E-state index is 5.95. The third-order valence-corrected chi connectivity index (χ3v) is 4.39. The van der Waals surface area contributed by atoms with Crippen LogP contribution in [0, 0.1) is 0 Å². The minimum atomic E-state index is 0.142. The molecule has 5 heteroatoms. The number of nitrogens with one attached hydrogen (secondary N) is 2. The number of hydrogen-bond acceptors (Lipinski definition) is 3. The molecule has 0 saturated carbocycles. The predicted octanol–water partition coefficient (Wildman–Crippen LogP) is 2.89. The van der Waals surface area contributed by atoms with Gasteiger partial charge in [-0.2, -0.15) is 0 Å². The van der Waals surface area contributed by atoms with Gasteiger partial charge in [-0.15, -0.1) is 0 Å². The van der Waals surface area contributed by atoms with Gasteiger partial charge in [-0.1, -0.05) is 42.5 Å². The van der Waals surface area contributed by atoms with Crippen molar-refractivity contribution in [1.29, 1.82) is 0 Å². The quantitative estimate of drug-likeness (QED) is 0.594. The highest BCUT2D eigenvalue weighted by molar-refractivity contribution is 5.79. The van der Waals surface area contributed by atoms with E-state index in [1.807, 2.05) is 19.1 Å². The lowest BCUT2D eigenvalue weighted by Gasteiger charge is -2.15. The first-order valence-electron chi connectivity index (χ1n) is 9.13. The van der Waals surface area contributed by atoms with Crippen LogP contribution in [0.4, 0.5) is 0 Å². The zero-order valence-corrected chi connectivity index (χ0v) is 15.5. The lowest BCUT2D eigenvalue weighted by atomic mass is 10.1. The third-order valence-electron chi connectivity index (χ3n) is 4.39. The van der Waals surface area contributed by atoms with Gasteiger partial charge >= 0.3 is 0 Å². The van der Waals surface area contributed by atoms with Gasteiger partial charge in [-0.25, -0.2) is 0 Å². The van der Waals surface area contributed by atoms with Crippen LogP contribution >= 0.6 is 0 Å². The Morgan fingerprint density at radius 3 is 2.62 bits per heavy atom. The topological polar surface area (TPSA) is 54.9 Å². The van der Waals surface area contributed by atoms with Crippen molar-refractivity contribution in [3.63, 3.8) is 0 Å². The fourth-order valence-electron chi connectivity index (χ4n) is 2.96. The number of nitrogens with zero attached hydrogens (tertiary/aromatic N) is 1. The highest BCUT2D eigenvalue weighted by Crippen LogP contribution is 2.27. The summed E-state index contributed by atoms with van der Waals surface area (Å²) < 4.78 is 11.4. The van der Waals surface area contributed by atoms with Crippen LogP contribution in [-0.4, -0.2) is 32.3 Å². The summed E-state index contributed by atoms with van der Waals surface area (Å²) in [5, 5.41) is 6.70. The van der Waals surface area contributed by atoms with E-state index < -0.39 is 0 Å². The number of hydrogen-bond donors (Lipinski definition) is 2. The molecule has 5 nitrogen and oxygen atoms in total. The van der Waals surface area contributed by atoms with Crippen molar-refractivity contribution < 1.29 is 9.47 Å². The molecule has 1 unspecified atom stereocenters. The highest BCUT2D eigenvalue weighted by atomic mass is 16.5. The van der Waals surface area contributed by atoms with Crippen molar-refractivity contribution in [3.05, 3.63) is 65.2 Å². The molecule has 2 N–H and O–H groups in total. The van der Waals surface area contributed by atoms with Gasteiger partial charge in [-0.05, 0) is 29.7 Å². The van der Waals surface area contributed by atoms with E-state index in [2.05, 4.69) is 52.0 Å². The van der Waals surface area contributed by atoms with Gasteiger partial charge < -0.3 is 20.1 Å². The van der Waals surface area contributed by atoms with Crippen LogP contribution in [0.15, 0.2) is 53.5 Å². The van der Waals surface area contributed by atoms with E-state index in [1.165, 1.54) is 16.7 Å². The summed E-state index contributed by atoms with van der Waals surface area (Å²) in [6.07, 6.45) is 1.07. The Kier molecular flexibility index (Phi) is 6.50. The van der Waals surface area contributed by atoms with E-state index in [4.69, 9.17) is 9.47 Å². The SMILES string of the molecule is CCOCc1ccc(CNC(=NC)NCC2Cc3ccccc3O2)cc1. The number of fused-ring (bicyclic) bond motifs is 1. The van der Waals surface area contributed by atoms with Crippen LogP contribution in [0.5, 0.6) is 5.75 Å². The standard InChI is InChI=1S/C21H27N3O2/c1-3-25-15-17-10-8-16(9-11-17)13-23-21(22-2)24-14-19-12-18-6-4-5-7-20(18)26-19/h4-11,19H,3,12-15H2,1-2H3,(H2,22,23,24). The largest absolute Gasteiger partial charge is 0.488 e. The first-order chi connectivity index (χ1) is 12.8. The first-order valence-corrected chi connectivity index (χ1v) is 9.13. The molecule has 0 bridgehead atoms. The molecule has 0 radical (unpaired) electrons. The molecule has 0 spiro atoms. The number of para-hydroxylation sites is 1. The van der Waals surface area contributed by atoms with Gasteiger partial charge in [0.2, 0.25) is 0 Å². The molecule has 26 heavy (non-hydrogen) atoms. The zero-order chi connectivity index (χ0) is 18.2. The molecule has 138 valence electrons. The Labute approximate surface area is 155 Å². The number of aliphatic imine (C=N–C) groups is 1. The Bertz CT molecular complexity index is 703. The van der Waals surface area contributed by atoms with Crippen molar-refractivity contribution >= 4 is 5.96 Å². The summed E-state index contributed by atoms with van der Waals surface area (Å²) >= 11 is 0. The summed E-state index contributed by atoms with van der Waals surface area (Å²) in [5.74, 6) is 1.78. The van der Waals surface area contributed by atoms with Crippen molar-refractivity contribution in [1.82, 2.24) is 10.6 Å². The van der Waals surface area contributed by atoms with E-state index in [1.54, 1.807) is 7.05 Å². The molecule has 0 aliphatic carbocycles. The fourth-order valence-corrected chi connectivity index (χ4v) is 2.96. The van der Waals surface area contributed by atoms with E-state index in [9.17, 15) is 0 Å². The Morgan fingerprint density at radius 1 is 1.12 bits per heavy atom. The number of guanidine groups is 1. The van der Waals surface area contributed by atoms with E-state index in [-0.39, 0.29) is 6.10 Å². The predicted molar refractivity (Wildman–Crippen MR) is 105 cm³/mol.